The Morgan fingerprint density at radius 2 is 1.67 bits per heavy atom. The van der Waals surface area contributed by atoms with E-state index in [1.165, 1.54) is 7.11 Å². The zero-order chi connectivity index (χ0) is 21.0. The number of hydrogen-bond donors (Lipinski definition) is 2. The standard InChI is InChI=1S/C21H24N4O4.ClH/c1-25-16(11-18(19(25)26)20(27)28-2)12-29-17-9-5-14(6-10-17)13-3-7-15(8-4-13)24-21(22)23;/h3-10,16,18H,11-12H2,1-2H3,(H4,22,23,24);1H/t16-,18-;/m0./s1. The van der Waals surface area contributed by atoms with Crippen LogP contribution in [-0.4, -0.2) is 49.5 Å². The maximum absolute atomic E-state index is 12.2. The maximum Gasteiger partial charge on any atom is 0.318 e. The second-order valence-electron chi connectivity index (χ2n) is 6.83. The summed E-state index contributed by atoms with van der Waals surface area (Å²) in [7, 11) is 2.96. The molecule has 0 unspecified atom stereocenters. The van der Waals surface area contributed by atoms with Crippen LogP contribution >= 0.6 is 12.4 Å². The Kier molecular flexibility index (Phi) is 7.66. The Labute approximate surface area is 181 Å². The van der Waals surface area contributed by atoms with Gasteiger partial charge in [-0.2, -0.15) is 0 Å². The largest absolute Gasteiger partial charge is 0.491 e. The van der Waals surface area contributed by atoms with Crippen molar-refractivity contribution in [2.24, 2.45) is 22.4 Å². The molecule has 2 atom stereocenters. The third-order valence-corrected chi connectivity index (χ3v) is 4.94. The fourth-order valence-corrected chi connectivity index (χ4v) is 3.29. The van der Waals surface area contributed by atoms with E-state index in [0.717, 1.165) is 11.1 Å². The molecular weight excluding hydrogens is 408 g/mol. The van der Waals surface area contributed by atoms with Gasteiger partial charge in [0.25, 0.3) is 0 Å². The number of nitrogens with zero attached hydrogens (tertiary/aromatic N) is 2. The molecule has 1 saturated heterocycles. The number of nitrogens with two attached hydrogens (primary N) is 2. The zero-order valence-electron chi connectivity index (χ0n) is 16.8. The van der Waals surface area contributed by atoms with Gasteiger partial charge in [-0.05, 0) is 41.8 Å². The van der Waals surface area contributed by atoms with E-state index in [1.807, 2.05) is 48.5 Å². The monoisotopic (exact) mass is 432 g/mol. The van der Waals surface area contributed by atoms with Gasteiger partial charge in [0.2, 0.25) is 5.91 Å². The number of hydrogen-bond acceptors (Lipinski definition) is 5. The number of likely N-dealkylation sites (tertiary alicyclic amines) is 1. The van der Waals surface area contributed by atoms with Gasteiger partial charge < -0.3 is 25.8 Å². The third kappa shape index (κ3) is 5.21. The van der Waals surface area contributed by atoms with Crippen LogP contribution in [0.1, 0.15) is 6.42 Å². The first kappa shape index (κ1) is 23.0. The summed E-state index contributed by atoms with van der Waals surface area (Å²) in [6, 6.07) is 15.0. The number of esters is 1. The van der Waals surface area contributed by atoms with Crippen LogP contribution in [0.15, 0.2) is 53.5 Å². The molecule has 9 heteroatoms. The topological polar surface area (TPSA) is 120 Å². The van der Waals surface area contributed by atoms with E-state index >= 15 is 0 Å². The predicted octanol–water partition coefficient (Wildman–Crippen LogP) is 2.08. The van der Waals surface area contributed by atoms with Gasteiger partial charge >= 0.3 is 5.97 Å². The Bertz CT molecular complexity index is 912. The van der Waals surface area contributed by atoms with Gasteiger partial charge in [0.15, 0.2) is 5.96 Å². The molecule has 0 saturated carbocycles. The molecule has 0 bridgehead atoms. The van der Waals surface area contributed by atoms with Crippen LogP contribution in [0.25, 0.3) is 11.1 Å². The van der Waals surface area contributed by atoms with E-state index in [2.05, 4.69) is 4.99 Å². The van der Waals surface area contributed by atoms with Crippen molar-refractivity contribution in [2.45, 2.75) is 12.5 Å². The lowest BCUT2D eigenvalue weighted by atomic mass is 10.1. The first-order valence-electron chi connectivity index (χ1n) is 9.16. The molecule has 0 spiro atoms. The molecule has 1 amide bonds. The molecule has 3 rings (SSSR count). The molecule has 30 heavy (non-hydrogen) atoms. The maximum atomic E-state index is 12.2. The highest BCUT2D eigenvalue weighted by molar-refractivity contribution is 5.99. The molecule has 2 aromatic carbocycles. The number of amides is 1. The first-order chi connectivity index (χ1) is 13.9. The summed E-state index contributed by atoms with van der Waals surface area (Å²) in [6.07, 6.45) is 0.391. The third-order valence-electron chi connectivity index (χ3n) is 4.94. The Morgan fingerprint density at radius 1 is 1.10 bits per heavy atom. The number of carbonyl (C=O) groups excluding carboxylic acids is 2. The number of halogens is 1. The van der Waals surface area contributed by atoms with Gasteiger partial charge in [0.1, 0.15) is 18.3 Å². The summed E-state index contributed by atoms with van der Waals surface area (Å²) < 4.78 is 10.5. The number of methoxy groups -OCH3 is 1. The first-order valence-corrected chi connectivity index (χ1v) is 9.16. The Morgan fingerprint density at radius 3 is 2.20 bits per heavy atom. The molecule has 8 nitrogen and oxygen atoms in total. The van der Waals surface area contributed by atoms with Gasteiger partial charge in [-0.3, -0.25) is 9.59 Å². The number of aliphatic imine (C=N–C) groups is 1. The van der Waals surface area contributed by atoms with Crippen molar-refractivity contribution in [2.75, 3.05) is 20.8 Å². The molecule has 0 aromatic heterocycles. The minimum absolute atomic E-state index is 0. The van der Waals surface area contributed by atoms with E-state index in [9.17, 15) is 9.59 Å². The van der Waals surface area contributed by atoms with E-state index < -0.39 is 11.9 Å². The van der Waals surface area contributed by atoms with Gasteiger partial charge in [-0.1, -0.05) is 24.3 Å². The normalized spacial score (nSPS) is 17.8. The summed E-state index contributed by atoms with van der Waals surface area (Å²) >= 11 is 0. The minimum Gasteiger partial charge on any atom is -0.491 e. The number of benzene rings is 2. The molecule has 0 aliphatic carbocycles. The van der Waals surface area contributed by atoms with Crippen LogP contribution in [-0.2, 0) is 14.3 Å². The van der Waals surface area contributed by atoms with Crippen molar-refractivity contribution < 1.29 is 19.1 Å². The predicted molar refractivity (Wildman–Crippen MR) is 117 cm³/mol. The van der Waals surface area contributed by atoms with Crippen molar-refractivity contribution in [1.29, 1.82) is 0 Å². The van der Waals surface area contributed by atoms with Crippen molar-refractivity contribution in [1.82, 2.24) is 4.90 Å². The van der Waals surface area contributed by atoms with Crippen LogP contribution in [0.5, 0.6) is 5.75 Å². The fourth-order valence-electron chi connectivity index (χ4n) is 3.29. The summed E-state index contributed by atoms with van der Waals surface area (Å²) in [6.45, 7) is 0.308. The van der Waals surface area contributed by atoms with E-state index in [4.69, 9.17) is 20.9 Å². The van der Waals surface area contributed by atoms with Gasteiger partial charge in [-0.15, -0.1) is 12.4 Å². The summed E-state index contributed by atoms with van der Waals surface area (Å²) in [4.78, 5) is 29.4. The van der Waals surface area contributed by atoms with Crippen LogP contribution < -0.4 is 16.2 Å². The molecule has 1 fully saturated rings. The second-order valence-corrected chi connectivity index (χ2v) is 6.83. The molecule has 160 valence electrons. The van der Waals surface area contributed by atoms with Crippen molar-refractivity contribution in [3.05, 3.63) is 48.5 Å². The summed E-state index contributed by atoms with van der Waals surface area (Å²) in [5.41, 5.74) is 13.5. The van der Waals surface area contributed by atoms with Crippen LogP contribution in [0, 0.1) is 5.92 Å². The molecule has 4 N–H and O–H groups in total. The van der Waals surface area contributed by atoms with Gasteiger partial charge in [0, 0.05) is 7.05 Å². The second kappa shape index (κ2) is 9.98. The minimum atomic E-state index is -0.747. The molecule has 0 radical (unpaired) electrons. The Hall–Kier alpha value is -3.26. The van der Waals surface area contributed by atoms with Crippen molar-refractivity contribution in [3.63, 3.8) is 0 Å². The number of ether oxygens (including phenoxy) is 2. The highest BCUT2D eigenvalue weighted by Crippen LogP contribution is 2.27. The molecule has 2 aromatic rings. The molecule has 1 heterocycles. The Balaban J connectivity index is 0.00000320. The smallest absolute Gasteiger partial charge is 0.318 e. The average molecular weight is 433 g/mol. The van der Waals surface area contributed by atoms with Crippen LogP contribution in [0.2, 0.25) is 0 Å². The SMILES string of the molecule is COC(=O)[C@H]1C[C@@H](COc2ccc(-c3ccc(N=C(N)N)cc3)cc2)N(C)C1=O.Cl. The average Bonchev–Trinajstić information content (AvgIpc) is 3.01. The zero-order valence-corrected chi connectivity index (χ0v) is 17.6. The van der Waals surface area contributed by atoms with Crippen LogP contribution in [0.3, 0.4) is 0 Å². The lowest BCUT2D eigenvalue weighted by Gasteiger charge is -2.20. The van der Waals surface area contributed by atoms with E-state index in [-0.39, 0.29) is 30.3 Å². The molecular formula is C21H25ClN4O4. The highest BCUT2D eigenvalue weighted by Gasteiger charge is 2.42. The quantitative estimate of drug-likeness (QED) is 0.312. The van der Waals surface area contributed by atoms with Crippen molar-refractivity contribution in [3.8, 4) is 16.9 Å². The number of carbonyl (C=O) groups is 2. The summed E-state index contributed by atoms with van der Waals surface area (Å²) in [5, 5.41) is 0. The van der Waals surface area contributed by atoms with Crippen LogP contribution in [0.4, 0.5) is 5.69 Å². The summed E-state index contributed by atoms with van der Waals surface area (Å²) in [5.74, 6) is -0.771. The number of guanidine groups is 1. The van der Waals surface area contributed by atoms with E-state index in [1.54, 1.807) is 11.9 Å². The van der Waals surface area contributed by atoms with E-state index in [0.29, 0.717) is 24.5 Å². The lowest BCUT2D eigenvalue weighted by molar-refractivity contribution is -0.150. The fraction of sp³-hybridized carbons (Fsp3) is 0.286. The molecule has 1 aliphatic rings. The lowest BCUT2D eigenvalue weighted by Crippen LogP contribution is -2.34. The van der Waals surface area contributed by atoms with Gasteiger partial charge in [0.05, 0.1) is 18.8 Å². The highest BCUT2D eigenvalue weighted by atomic mass is 35.5. The number of likely N-dealkylation sites (N-methyl/N-ethyl adjacent to an activating group) is 1. The molecule has 1 aliphatic heterocycles. The van der Waals surface area contributed by atoms with Crippen molar-refractivity contribution >= 4 is 35.9 Å². The number of rotatable bonds is 6. The van der Waals surface area contributed by atoms with Gasteiger partial charge in [-0.25, -0.2) is 4.99 Å².